The van der Waals surface area contributed by atoms with Crippen LogP contribution in [-0.4, -0.2) is 18.9 Å². The van der Waals surface area contributed by atoms with E-state index in [1.165, 1.54) is 7.11 Å². The van der Waals surface area contributed by atoms with Crippen molar-refractivity contribution in [2.24, 2.45) is 11.1 Å². The van der Waals surface area contributed by atoms with Crippen molar-refractivity contribution >= 4 is 27.7 Å². The number of methoxy groups -OCH3 is 1. The second-order valence-electron chi connectivity index (χ2n) is 7.13. The molecule has 0 aromatic heterocycles. The maximum absolute atomic E-state index is 12.9. The van der Waals surface area contributed by atoms with Gasteiger partial charge in [0.1, 0.15) is 11.3 Å². The molecule has 1 aromatic rings. The van der Waals surface area contributed by atoms with Gasteiger partial charge in [0.05, 0.1) is 13.0 Å². The topological polar surface area (TPSA) is 78.6 Å². The molecular formula is C19H20BrNO4. The van der Waals surface area contributed by atoms with Gasteiger partial charge in [0.2, 0.25) is 5.88 Å². The largest absolute Gasteiger partial charge is 0.465 e. The molecule has 1 aromatic carbocycles. The molecule has 0 saturated heterocycles. The molecule has 6 heteroatoms. The first kappa shape index (κ1) is 17.7. The molecule has 3 rings (SSSR count). The number of nitrogens with two attached hydrogens (primary N) is 1. The molecule has 5 nitrogen and oxygen atoms in total. The van der Waals surface area contributed by atoms with Gasteiger partial charge in [-0.25, -0.2) is 4.79 Å². The van der Waals surface area contributed by atoms with Gasteiger partial charge in [0, 0.05) is 22.9 Å². The number of hydrogen-bond donors (Lipinski definition) is 1. The third-order valence-corrected chi connectivity index (χ3v) is 5.09. The SMILES string of the molecule is COC(=O)C1=C(N)OC2=C(C(=O)CC(C)(C)C2)[C@H]1c1ccc(Br)cc1. The summed E-state index contributed by atoms with van der Waals surface area (Å²) in [7, 11) is 1.29. The lowest BCUT2D eigenvalue weighted by molar-refractivity contribution is -0.136. The van der Waals surface area contributed by atoms with E-state index in [4.69, 9.17) is 15.2 Å². The maximum atomic E-state index is 12.9. The Balaban J connectivity index is 2.19. The first-order valence-corrected chi connectivity index (χ1v) is 8.80. The minimum Gasteiger partial charge on any atom is -0.465 e. The van der Waals surface area contributed by atoms with Crippen molar-refractivity contribution in [1.29, 1.82) is 0 Å². The number of esters is 1. The zero-order chi connectivity index (χ0) is 18.4. The summed E-state index contributed by atoms with van der Waals surface area (Å²) >= 11 is 3.40. The molecule has 1 aliphatic carbocycles. The quantitative estimate of drug-likeness (QED) is 0.760. The summed E-state index contributed by atoms with van der Waals surface area (Å²) in [6, 6.07) is 7.47. The second kappa shape index (κ2) is 6.33. The van der Waals surface area contributed by atoms with Crippen molar-refractivity contribution in [3.05, 3.63) is 57.1 Å². The molecule has 0 radical (unpaired) electrons. The Morgan fingerprint density at radius 1 is 1.28 bits per heavy atom. The zero-order valence-electron chi connectivity index (χ0n) is 14.4. The molecule has 1 aliphatic heterocycles. The van der Waals surface area contributed by atoms with Crippen LogP contribution in [0, 0.1) is 5.41 Å². The fourth-order valence-electron chi connectivity index (χ4n) is 3.48. The van der Waals surface area contributed by atoms with Crippen molar-refractivity contribution in [3.63, 3.8) is 0 Å². The van der Waals surface area contributed by atoms with Crippen molar-refractivity contribution in [2.75, 3.05) is 7.11 Å². The molecule has 0 unspecified atom stereocenters. The van der Waals surface area contributed by atoms with E-state index in [0.717, 1.165) is 10.0 Å². The number of allylic oxidation sites excluding steroid dienone is 2. The van der Waals surface area contributed by atoms with E-state index in [1.807, 2.05) is 38.1 Å². The number of rotatable bonds is 2. The highest BCUT2D eigenvalue weighted by Crippen LogP contribution is 2.48. The highest BCUT2D eigenvalue weighted by Gasteiger charge is 2.44. The van der Waals surface area contributed by atoms with Gasteiger partial charge in [-0.2, -0.15) is 0 Å². The van der Waals surface area contributed by atoms with Gasteiger partial charge < -0.3 is 15.2 Å². The number of carbonyl (C=O) groups is 2. The van der Waals surface area contributed by atoms with Crippen LogP contribution >= 0.6 is 15.9 Å². The van der Waals surface area contributed by atoms with Crippen molar-refractivity contribution in [1.82, 2.24) is 0 Å². The Kier molecular flexibility index (Phi) is 4.49. The average Bonchev–Trinajstić information content (AvgIpc) is 2.52. The van der Waals surface area contributed by atoms with Gasteiger partial charge in [0.25, 0.3) is 0 Å². The normalized spacial score (nSPS) is 22.4. The number of hydrogen-bond acceptors (Lipinski definition) is 5. The van der Waals surface area contributed by atoms with Crippen LogP contribution in [0.15, 0.2) is 51.5 Å². The van der Waals surface area contributed by atoms with E-state index < -0.39 is 11.9 Å². The van der Waals surface area contributed by atoms with Crippen molar-refractivity contribution < 1.29 is 19.1 Å². The molecule has 132 valence electrons. The first-order chi connectivity index (χ1) is 11.7. The lowest BCUT2D eigenvalue weighted by Gasteiger charge is -2.37. The summed E-state index contributed by atoms with van der Waals surface area (Å²) in [5.41, 5.74) is 7.34. The smallest absolute Gasteiger partial charge is 0.340 e. The number of Topliss-reactive ketones (excluding diaryl/α,β-unsaturated/α-hetero) is 1. The predicted octanol–water partition coefficient (Wildman–Crippen LogP) is 3.55. The van der Waals surface area contributed by atoms with E-state index in [1.54, 1.807) is 0 Å². The molecule has 0 saturated carbocycles. The number of halogens is 1. The Morgan fingerprint density at radius 3 is 2.52 bits per heavy atom. The average molecular weight is 406 g/mol. The Hall–Kier alpha value is -2.08. The minimum atomic E-state index is -0.588. The van der Waals surface area contributed by atoms with Crippen LogP contribution in [0.25, 0.3) is 0 Å². The second-order valence-corrected chi connectivity index (χ2v) is 8.05. The summed E-state index contributed by atoms with van der Waals surface area (Å²) < 4.78 is 11.5. The lowest BCUT2D eigenvalue weighted by atomic mass is 9.70. The van der Waals surface area contributed by atoms with E-state index in [0.29, 0.717) is 24.2 Å². The third kappa shape index (κ3) is 3.23. The summed E-state index contributed by atoms with van der Waals surface area (Å²) in [4.78, 5) is 25.2. The molecule has 2 aliphatic rings. The minimum absolute atomic E-state index is 0.00372. The first-order valence-electron chi connectivity index (χ1n) is 8.01. The predicted molar refractivity (Wildman–Crippen MR) is 96.2 cm³/mol. The van der Waals surface area contributed by atoms with Gasteiger partial charge in [-0.15, -0.1) is 0 Å². The molecule has 0 amide bonds. The molecule has 2 N–H and O–H groups in total. The lowest BCUT2D eigenvalue weighted by Crippen LogP contribution is -2.35. The molecule has 1 atom stereocenters. The summed E-state index contributed by atoms with van der Waals surface area (Å²) in [6.45, 7) is 4.03. The highest BCUT2D eigenvalue weighted by molar-refractivity contribution is 9.10. The molecular weight excluding hydrogens is 386 g/mol. The molecule has 1 heterocycles. The maximum Gasteiger partial charge on any atom is 0.340 e. The van der Waals surface area contributed by atoms with Gasteiger partial charge in [-0.3, -0.25) is 4.79 Å². The van der Waals surface area contributed by atoms with Gasteiger partial charge in [-0.05, 0) is 23.1 Å². The highest BCUT2D eigenvalue weighted by atomic mass is 79.9. The Morgan fingerprint density at radius 2 is 1.92 bits per heavy atom. The number of ketones is 1. The van der Waals surface area contributed by atoms with Crippen LogP contribution in [0.1, 0.15) is 38.2 Å². The summed E-state index contributed by atoms with van der Waals surface area (Å²) in [5, 5.41) is 0. The van der Waals surface area contributed by atoms with Crippen molar-refractivity contribution in [2.45, 2.75) is 32.6 Å². The molecule has 0 spiro atoms. The summed E-state index contributed by atoms with van der Waals surface area (Å²) in [6.07, 6.45) is 0.993. The van der Waals surface area contributed by atoms with E-state index in [2.05, 4.69) is 15.9 Å². The van der Waals surface area contributed by atoms with Crippen LogP contribution in [0.4, 0.5) is 0 Å². The monoisotopic (exact) mass is 405 g/mol. The Labute approximate surface area is 155 Å². The number of benzene rings is 1. The number of carbonyl (C=O) groups excluding carboxylic acids is 2. The fourth-order valence-corrected chi connectivity index (χ4v) is 3.75. The standard InChI is InChI=1S/C19H20BrNO4/c1-19(2)8-12(22)15-13(9-19)25-17(21)16(18(23)24-3)14(15)10-4-6-11(20)7-5-10/h4-7,14H,8-9,21H2,1-3H3/t14-/m1/s1. The van der Waals surface area contributed by atoms with E-state index in [-0.39, 0.29) is 22.7 Å². The summed E-state index contributed by atoms with van der Waals surface area (Å²) in [5.74, 6) is -0.626. The van der Waals surface area contributed by atoms with Crippen molar-refractivity contribution in [3.8, 4) is 0 Å². The van der Waals surface area contributed by atoms with Gasteiger partial charge >= 0.3 is 5.97 Å². The van der Waals surface area contributed by atoms with E-state index in [9.17, 15) is 9.59 Å². The van der Waals surface area contributed by atoms with Crippen LogP contribution in [0.3, 0.4) is 0 Å². The van der Waals surface area contributed by atoms with Crippen LogP contribution < -0.4 is 5.73 Å². The Bertz CT molecular complexity index is 805. The van der Waals surface area contributed by atoms with E-state index >= 15 is 0 Å². The third-order valence-electron chi connectivity index (χ3n) is 4.56. The fraction of sp³-hybridized carbons (Fsp3) is 0.368. The molecule has 25 heavy (non-hydrogen) atoms. The zero-order valence-corrected chi connectivity index (χ0v) is 16.0. The molecule has 0 fully saturated rings. The van der Waals surface area contributed by atoms with Gasteiger partial charge in [-0.1, -0.05) is 41.9 Å². The van der Waals surface area contributed by atoms with Gasteiger partial charge in [0.15, 0.2) is 5.78 Å². The molecule has 0 bridgehead atoms. The van der Waals surface area contributed by atoms with Crippen LogP contribution in [0.5, 0.6) is 0 Å². The van der Waals surface area contributed by atoms with Crippen LogP contribution in [0.2, 0.25) is 0 Å². The number of ether oxygens (including phenoxy) is 2. The van der Waals surface area contributed by atoms with Crippen LogP contribution in [-0.2, 0) is 19.1 Å².